The third-order valence-corrected chi connectivity index (χ3v) is 4.80. The molecule has 1 aliphatic heterocycles. The minimum absolute atomic E-state index is 0. The van der Waals surface area contributed by atoms with Gasteiger partial charge in [0.1, 0.15) is 11.9 Å². The fourth-order valence-electron chi connectivity index (χ4n) is 3.37. The van der Waals surface area contributed by atoms with Crippen molar-refractivity contribution in [3.63, 3.8) is 0 Å². The van der Waals surface area contributed by atoms with Crippen molar-refractivity contribution in [2.24, 2.45) is 7.05 Å². The second kappa shape index (κ2) is 10.2. The number of carbonyl (C=O) groups is 2. The van der Waals surface area contributed by atoms with E-state index in [1.807, 2.05) is 48.1 Å². The summed E-state index contributed by atoms with van der Waals surface area (Å²) in [7, 11) is 3.52. The van der Waals surface area contributed by atoms with Gasteiger partial charge in [-0.15, -0.1) is 12.4 Å². The van der Waals surface area contributed by atoms with Crippen LogP contribution < -0.4 is 16.0 Å². The van der Waals surface area contributed by atoms with E-state index in [9.17, 15) is 9.59 Å². The Morgan fingerprint density at radius 3 is 2.71 bits per heavy atom. The van der Waals surface area contributed by atoms with E-state index in [1.165, 1.54) is 0 Å². The molecule has 0 radical (unpaired) electrons. The number of benzene rings is 1. The Kier molecular flexibility index (Phi) is 7.98. The van der Waals surface area contributed by atoms with Crippen LogP contribution in [0.3, 0.4) is 0 Å². The van der Waals surface area contributed by atoms with Crippen LogP contribution in [0.5, 0.6) is 0 Å². The molecular weight excluding hydrogens is 380 g/mol. The highest BCUT2D eigenvalue weighted by molar-refractivity contribution is 5.89. The molecule has 3 rings (SSSR count). The Morgan fingerprint density at radius 1 is 1.32 bits per heavy atom. The zero-order valence-corrected chi connectivity index (χ0v) is 16.9. The van der Waals surface area contributed by atoms with Crippen LogP contribution in [-0.2, 0) is 16.6 Å². The zero-order valence-electron chi connectivity index (χ0n) is 16.1. The van der Waals surface area contributed by atoms with Gasteiger partial charge in [-0.1, -0.05) is 30.3 Å². The van der Waals surface area contributed by atoms with Crippen molar-refractivity contribution < 1.29 is 9.59 Å². The van der Waals surface area contributed by atoms with Crippen LogP contribution in [0.2, 0.25) is 0 Å². The summed E-state index contributed by atoms with van der Waals surface area (Å²) in [5.41, 5.74) is 0.756. The minimum Gasteiger partial charge on any atom is -0.357 e. The first-order valence-corrected chi connectivity index (χ1v) is 9.08. The molecule has 0 aliphatic carbocycles. The van der Waals surface area contributed by atoms with Crippen LogP contribution in [0.4, 0.5) is 0 Å². The van der Waals surface area contributed by atoms with E-state index in [0.717, 1.165) is 31.0 Å². The fraction of sp³-hybridized carbons (Fsp3) is 0.421. The number of piperazine rings is 1. The SMILES string of the molecule is CNC(=O)C(NC(=O)CN1CCNCC1c1nccn1C)c1ccccc1.Cl. The fourth-order valence-corrected chi connectivity index (χ4v) is 3.37. The monoisotopic (exact) mass is 406 g/mol. The van der Waals surface area contributed by atoms with Crippen molar-refractivity contribution in [1.29, 1.82) is 0 Å². The highest BCUT2D eigenvalue weighted by Gasteiger charge is 2.29. The number of aromatic nitrogens is 2. The van der Waals surface area contributed by atoms with Crippen LogP contribution in [0.1, 0.15) is 23.5 Å². The van der Waals surface area contributed by atoms with Crippen LogP contribution in [0.15, 0.2) is 42.7 Å². The summed E-state index contributed by atoms with van der Waals surface area (Å²) in [5, 5.41) is 8.85. The van der Waals surface area contributed by atoms with Gasteiger partial charge in [-0.05, 0) is 5.56 Å². The first-order chi connectivity index (χ1) is 13.1. The van der Waals surface area contributed by atoms with E-state index in [1.54, 1.807) is 13.2 Å². The molecule has 9 heteroatoms. The molecule has 28 heavy (non-hydrogen) atoms. The summed E-state index contributed by atoms with van der Waals surface area (Å²) in [6.07, 6.45) is 3.67. The quantitative estimate of drug-likeness (QED) is 0.645. The molecule has 1 aliphatic rings. The van der Waals surface area contributed by atoms with Gasteiger partial charge < -0.3 is 20.5 Å². The number of rotatable bonds is 6. The molecule has 2 unspecified atom stereocenters. The Labute approximate surface area is 171 Å². The van der Waals surface area contributed by atoms with E-state index >= 15 is 0 Å². The van der Waals surface area contributed by atoms with Gasteiger partial charge in [0.15, 0.2) is 0 Å². The van der Waals surface area contributed by atoms with Crippen LogP contribution in [-0.4, -0.2) is 59.5 Å². The Hall–Kier alpha value is -2.42. The Bertz CT molecular complexity index is 782. The van der Waals surface area contributed by atoms with Crippen LogP contribution >= 0.6 is 12.4 Å². The molecule has 2 atom stereocenters. The maximum absolute atomic E-state index is 12.7. The first-order valence-electron chi connectivity index (χ1n) is 9.08. The smallest absolute Gasteiger partial charge is 0.246 e. The molecule has 2 heterocycles. The van der Waals surface area contributed by atoms with Gasteiger partial charge in [0.25, 0.3) is 0 Å². The summed E-state index contributed by atoms with van der Waals surface area (Å²) in [6, 6.07) is 8.56. The predicted octanol–water partition coefficient (Wildman–Crippen LogP) is 0.392. The second-order valence-electron chi connectivity index (χ2n) is 6.61. The number of amides is 2. The molecule has 1 saturated heterocycles. The molecule has 1 fully saturated rings. The number of halogens is 1. The molecule has 8 nitrogen and oxygen atoms in total. The number of hydrogen-bond donors (Lipinski definition) is 3. The molecule has 2 aromatic rings. The molecule has 1 aromatic carbocycles. The minimum atomic E-state index is -0.710. The average molecular weight is 407 g/mol. The third-order valence-electron chi connectivity index (χ3n) is 4.80. The molecule has 152 valence electrons. The molecule has 3 N–H and O–H groups in total. The van der Waals surface area contributed by atoms with Crippen molar-refractivity contribution in [2.45, 2.75) is 12.1 Å². The van der Waals surface area contributed by atoms with Gasteiger partial charge in [0, 0.05) is 46.1 Å². The van der Waals surface area contributed by atoms with E-state index in [4.69, 9.17) is 0 Å². The standard InChI is InChI=1S/C19H26N6O2.ClH/c1-20-19(27)17(14-6-4-3-5-7-14)23-16(26)13-25-11-8-21-12-15(25)18-22-9-10-24(18)2;/h3-7,9-10,15,17,21H,8,11-13H2,1-2H3,(H,20,27)(H,23,26);1H. The van der Waals surface area contributed by atoms with Crippen LogP contribution in [0, 0.1) is 0 Å². The van der Waals surface area contributed by atoms with Crippen molar-refractivity contribution in [1.82, 2.24) is 30.4 Å². The highest BCUT2D eigenvalue weighted by atomic mass is 35.5. The van der Waals surface area contributed by atoms with Gasteiger partial charge >= 0.3 is 0 Å². The number of aryl methyl sites for hydroxylation is 1. The third kappa shape index (κ3) is 5.09. The normalized spacial score (nSPS) is 18.0. The number of nitrogens with zero attached hydrogens (tertiary/aromatic N) is 3. The van der Waals surface area contributed by atoms with Gasteiger partial charge in [-0.25, -0.2) is 4.98 Å². The van der Waals surface area contributed by atoms with Crippen molar-refractivity contribution in [3.8, 4) is 0 Å². The lowest BCUT2D eigenvalue weighted by atomic mass is 10.1. The lowest BCUT2D eigenvalue weighted by Crippen LogP contribution is -2.51. The Morgan fingerprint density at radius 2 is 2.07 bits per heavy atom. The maximum Gasteiger partial charge on any atom is 0.246 e. The van der Waals surface area contributed by atoms with Crippen molar-refractivity contribution in [2.75, 3.05) is 33.2 Å². The largest absolute Gasteiger partial charge is 0.357 e. The lowest BCUT2D eigenvalue weighted by molar-refractivity contribution is -0.130. The van der Waals surface area contributed by atoms with Gasteiger partial charge in [0.05, 0.1) is 12.6 Å². The van der Waals surface area contributed by atoms with Gasteiger partial charge in [-0.2, -0.15) is 0 Å². The van der Waals surface area contributed by atoms with Crippen molar-refractivity contribution >= 4 is 24.2 Å². The summed E-state index contributed by atoms with van der Waals surface area (Å²) in [4.78, 5) is 31.5. The second-order valence-corrected chi connectivity index (χ2v) is 6.61. The molecule has 1 aromatic heterocycles. The summed E-state index contributed by atoms with van der Waals surface area (Å²) < 4.78 is 1.97. The molecular formula is C19H27ClN6O2. The predicted molar refractivity (Wildman–Crippen MR) is 109 cm³/mol. The summed E-state index contributed by atoms with van der Waals surface area (Å²) in [6.45, 7) is 2.49. The molecule has 0 spiro atoms. The zero-order chi connectivity index (χ0) is 19.2. The van der Waals surface area contributed by atoms with Gasteiger partial charge in [-0.3, -0.25) is 14.5 Å². The number of hydrogen-bond acceptors (Lipinski definition) is 5. The molecule has 0 saturated carbocycles. The van der Waals surface area contributed by atoms with E-state index in [-0.39, 0.29) is 36.8 Å². The van der Waals surface area contributed by atoms with Crippen molar-refractivity contribution in [3.05, 3.63) is 54.1 Å². The number of likely N-dealkylation sites (N-methyl/N-ethyl adjacent to an activating group) is 1. The van der Waals surface area contributed by atoms with Crippen LogP contribution in [0.25, 0.3) is 0 Å². The maximum atomic E-state index is 12.7. The molecule has 2 amide bonds. The first kappa shape index (κ1) is 21.9. The van der Waals surface area contributed by atoms with E-state index < -0.39 is 6.04 Å². The number of nitrogens with one attached hydrogen (secondary N) is 3. The van der Waals surface area contributed by atoms with E-state index in [0.29, 0.717) is 0 Å². The number of carbonyl (C=O) groups excluding carboxylic acids is 2. The van der Waals surface area contributed by atoms with Gasteiger partial charge in [0.2, 0.25) is 11.8 Å². The topological polar surface area (TPSA) is 91.3 Å². The van der Waals surface area contributed by atoms with E-state index in [2.05, 4.69) is 25.8 Å². The average Bonchev–Trinajstić information content (AvgIpc) is 3.12. The summed E-state index contributed by atoms with van der Waals surface area (Å²) >= 11 is 0. The summed E-state index contributed by atoms with van der Waals surface area (Å²) in [5.74, 6) is 0.491. The Balaban J connectivity index is 0.00000280. The molecule has 0 bridgehead atoms. The lowest BCUT2D eigenvalue weighted by Gasteiger charge is -2.35. The highest BCUT2D eigenvalue weighted by Crippen LogP contribution is 2.20. The number of imidazole rings is 1.